The highest BCUT2D eigenvalue weighted by molar-refractivity contribution is 7.80. The number of aromatic hydroxyl groups is 1. The quantitative estimate of drug-likeness (QED) is 0.456. The molecule has 23 heavy (non-hydrogen) atoms. The van der Waals surface area contributed by atoms with Gasteiger partial charge in [0.25, 0.3) is 0 Å². The number of benzene rings is 2. The monoisotopic (exact) mass is 329 g/mol. The second-order valence-electron chi connectivity index (χ2n) is 5.00. The normalized spacial score (nSPS) is 10.6. The summed E-state index contributed by atoms with van der Waals surface area (Å²) in [7, 11) is 1.56. The fraction of sp³-hybridized carbons (Fsp3) is 0.176. The van der Waals surface area contributed by atoms with Crippen molar-refractivity contribution in [2.75, 3.05) is 12.4 Å². The maximum atomic E-state index is 9.77. The second kappa shape index (κ2) is 7.60. The molecule has 0 aliphatic carbocycles. The van der Waals surface area contributed by atoms with Crippen LogP contribution in [0.2, 0.25) is 0 Å². The number of nitrogens with zero attached hydrogens (tertiary/aromatic N) is 1. The van der Waals surface area contributed by atoms with Crippen LogP contribution in [-0.4, -0.2) is 23.5 Å². The third kappa shape index (κ3) is 4.43. The van der Waals surface area contributed by atoms with E-state index in [0.717, 1.165) is 11.3 Å². The predicted octanol–water partition coefficient (Wildman–Crippen LogP) is 3.34. The Morgan fingerprint density at radius 3 is 2.78 bits per heavy atom. The molecule has 0 atom stereocenters. The first-order valence-corrected chi connectivity index (χ1v) is 7.45. The van der Waals surface area contributed by atoms with Gasteiger partial charge in [0.05, 0.1) is 13.3 Å². The van der Waals surface area contributed by atoms with Crippen LogP contribution in [0.25, 0.3) is 0 Å². The Hall–Kier alpha value is -2.60. The lowest BCUT2D eigenvalue weighted by Gasteiger charge is -2.11. The fourth-order valence-electron chi connectivity index (χ4n) is 1.96. The third-order valence-corrected chi connectivity index (χ3v) is 3.65. The minimum absolute atomic E-state index is 0.116. The van der Waals surface area contributed by atoms with Crippen molar-refractivity contribution in [1.82, 2.24) is 5.43 Å². The summed E-state index contributed by atoms with van der Waals surface area (Å²) in [6, 6.07) is 10.9. The summed E-state index contributed by atoms with van der Waals surface area (Å²) in [6.07, 6.45) is 1.48. The Morgan fingerprint density at radius 2 is 2.04 bits per heavy atom. The van der Waals surface area contributed by atoms with Gasteiger partial charge in [-0.3, -0.25) is 5.43 Å². The number of hydrogen-bond donors (Lipinski definition) is 3. The maximum absolute atomic E-state index is 9.77. The van der Waals surface area contributed by atoms with Crippen molar-refractivity contribution in [1.29, 1.82) is 0 Å². The summed E-state index contributed by atoms with van der Waals surface area (Å²) < 4.78 is 5.11. The summed E-state index contributed by atoms with van der Waals surface area (Å²) in [5, 5.41) is 17.3. The zero-order valence-electron chi connectivity index (χ0n) is 13.3. The van der Waals surface area contributed by atoms with Gasteiger partial charge in [0.15, 0.2) is 5.11 Å². The van der Waals surface area contributed by atoms with Gasteiger partial charge in [-0.2, -0.15) is 5.10 Å². The number of anilines is 1. The van der Waals surface area contributed by atoms with E-state index in [1.807, 2.05) is 32.0 Å². The number of phenolic OH excluding ortho intramolecular Hbond substituents is 1. The van der Waals surface area contributed by atoms with Gasteiger partial charge >= 0.3 is 0 Å². The highest BCUT2D eigenvalue weighted by Crippen LogP contribution is 2.21. The minimum Gasteiger partial charge on any atom is -0.507 e. The molecule has 0 aromatic heterocycles. The van der Waals surface area contributed by atoms with Gasteiger partial charge in [-0.1, -0.05) is 12.1 Å². The van der Waals surface area contributed by atoms with Crippen molar-refractivity contribution in [3.05, 3.63) is 53.1 Å². The number of phenols is 1. The lowest BCUT2D eigenvalue weighted by molar-refractivity contribution is 0.412. The van der Waals surface area contributed by atoms with Gasteiger partial charge in [0.1, 0.15) is 11.5 Å². The van der Waals surface area contributed by atoms with E-state index in [0.29, 0.717) is 16.4 Å². The molecule has 0 saturated carbocycles. The fourth-order valence-corrected chi connectivity index (χ4v) is 2.12. The largest absolute Gasteiger partial charge is 0.507 e. The maximum Gasteiger partial charge on any atom is 0.191 e. The first-order valence-electron chi connectivity index (χ1n) is 7.04. The number of aryl methyl sites for hydroxylation is 1. The van der Waals surface area contributed by atoms with Gasteiger partial charge < -0.3 is 15.2 Å². The molecule has 5 nitrogen and oxygen atoms in total. The number of hydrogen-bond acceptors (Lipinski definition) is 4. The van der Waals surface area contributed by atoms with E-state index in [1.165, 1.54) is 11.8 Å². The highest BCUT2D eigenvalue weighted by Gasteiger charge is 2.03. The lowest BCUT2D eigenvalue weighted by atomic mass is 10.1. The van der Waals surface area contributed by atoms with E-state index in [1.54, 1.807) is 25.3 Å². The van der Waals surface area contributed by atoms with E-state index in [2.05, 4.69) is 15.8 Å². The van der Waals surface area contributed by atoms with E-state index >= 15 is 0 Å². The van der Waals surface area contributed by atoms with Crippen LogP contribution in [0.4, 0.5) is 5.69 Å². The molecular formula is C17H19N3O2S. The van der Waals surface area contributed by atoms with Gasteiger partial charge in [-0.25, -0.2) is 0 Å². The Kier molecular flexibility index (Phi) is 5.54. The van der Waals surface area contributed by atoms with Crippen LogP contribution < -0.4 is 15.5 Å². The van der Waals surface area contributed by atoms with E-state index in [-0.39, 0.29) is 5.75 Å². The number of ether oxygens (including phenoxy) is 1. The first kappa shape index (κ1) is 16.8. The molecule has 0 radical (unpaired) electrons. The summed E-state index contributed by atoms with van der Waals surface area (Å²) in [5.41, 5.74) is 6.51. The number of nitrogens with one attached hydrogen (secondary N) is 2. The minimum atomic E-state index is 0.116. The molecule has 0 aliphatic rings. The summed E-state index contributed by atoms with van der Waals surface area (Å²) in [5.74, 6) is 0.755. The molecule has 3 N–H and O–H groups in total. The molecule has 2 aromatic rings. The van der Waals surface area contributed by atoms with Crippen molar-refractivity contribution < 1.29 is 9.84 Å². The van der Waals surface area contributed by atoms with Crippen molar-refractivity contribution in [2.24, 2.45) is 5.10 Å². The van der Waals surface area contributed by atoms with E-state index < -0.39 is 0 Å². The topological polar surface area (TPSA) is 65.9 Å². The Bertz CT molecular complexity index is 745. The van der Waals surface area contributed by atoms with Gasteiger partial charge in [-0.15, -0.1) is 0 Å². The Labute approximate surface area is 141 Å². The third-order valence-electron chi connectivity index (χ3n) is 3.46. The molecule has 0 aliphatic heterocycles. The molecule has 120 valence electrons. The number of methoxy groups -OCH3 is 1. The van der Waals surface area contributed by atoms with Crippen molar-refractivity contribution in [2.45, 2.75) is 13.8 Å². The molecule has 0 unspecified atom stereocenters. The highest BCUT2D eigenvalue weighted by atomic mass is 32.1. The van der Waals surface area contributed by atoms with Gasteiger partial charge in [-0.05, 0) is 61.5 Å². The van der Waals surface area contributed by atoms with Gasteiger partial charge in [0.2, 0.25) is 0 Å². The molecule has 0 fully saturated rings. The van der Waals surface area contributed by atoms with Crippen LogP contribution in [0.15, 0.2) is 41.5 Å². The molecule has 0 amide bonds. The van der Waals surface area contributed by atoms with Gasteiger partial charge in [0, 0.05) is 11.3 Å². The molecule has 0 heterocycles. The molecule has 6 heteroatoms. The second-order valence-corrected chi connectivity index (χ2v) is 5.40. The predicted molar refractivity (Wildman–Crippen MR) is 97.5 cm³/mol. The molecule has 0 bridgehead atoms. The standard InChI is InChI=1S/C17H19N3O2S/c1-11-5-4-6-15(12(11)2)19-17(23)20-18-10-13-9-14(22-3)7-8-16(13)21/h4-10,21H,1-3H3,(H2,19,20,23)/b18-10+. The molecule has 2 rings (SSSR count). The van der Waals surface area contributed by atoms with Crippen LogP contribution >= 0.6 is 12.2 Å². The average Bonchev–Trinajstić information content (AvgIpc) is 2.53. The lowest BCUT2D eigenvalue weighted by Crippen LogP contribution is -2.24. The summed E-state index contributed by atoms with van der Waals surface area (Å²) in [6.45, 7) is 4.07. The molecular weight excluding hydrogens is 310 g/mol. The SMILES string of the molecule is COc1ccc(O)c(/C=N/NC(=S)Nc2cccc(C)c2C)c1. The zero-order valence-corrected chi connectivity index (χ0v) is 14.1. The van der Waals surface area contributed by atoms with Crippen molar-refractivity contribution >= 4 is 29.2 Å². The van der Waals surface area contributed by atoms with Crippen LogP contribution in [-0.2, 0) is 0 Å². The van der Waals surface area contributed by atoms with E-state index in [9.17, 15) is 5.11 Å². The van der Waals surface area contributed by atoms with Crippen LogP contribution in [0.3, 0.4) is 0 Å². The smallest absolute Gasteiger partial charge is 0.191 e. The Morgan fingerprint density at radius 1 is 1.26 bits per heavy atom. The number of rotatable bonds is 4. The van der Waals surface area contributed by atoms with Crippen LogP contribution in [0, 0.1) is 13.8 Å². The number of hydrazone groups is 1. The Balaban J connectivity index is 2.00. The van der Waals surface area contributed by atoms with Crippen LogP contribution in [0.1, 0.15) is 16.7 Å². The summed E-state index contributed by atoms with van der Waals surface area (Å²) >= 11 is 5.21. The molecule has 0 saturated heterocycles. The molecule has 2 aromatic carbocycles. The average molecular weight is 329 g/mol. The summed E-state index contributed by atoms with van der Waals surface area (Å²) in [4.78, 5) is 0. The zero-order chi connectivity index (χ0) is 16.8. The van der Waals surface area contributed by atoms with Crippen LogP contribution in [0.5, 0.6) is 11.5 Å². The van der Waals surface area contributed by atoms with Crippen molar-refractivity contribution in [3.8, 4) is 11.5 Å². The van der Waals surface area contributed by atoms with E-state index in [4.69, 9.17) is 17.0 Å². The van der Waals surface area contributed by atoms with Crippen molar-refractivity contribution in [3.63, 3.8) is 0 Å². The first-order chi connectivity index (χ1) is 11.0. The molecule has 0 spiro atoms. The number of thiocarbonyl (C=S) groups is 1.